The van der Waals surface area contributed by atoms with Gasteiger partial charge in [-0.05, 0) is 49.2 Å². The number of aliphatic hydroxyl groups is 1. The van der Waals surface area contributed by atoms with Gasteiger partial charge in [0.1, 0.15) is 17.4 Å². The fourth-order valence-corrected chi connectivity index (χ4v) is 5.73. The van der Waals surface area contributed by atoms with Crippen molar-refractivity contribution in [3.05, 3.63) is 54.6 Å². The lowest BCUT2D eigenvalue weighted by Gasteiger charge is -2.33. The van der Waals surface area contributed by atoms with E-state index in [1.807, 2.05) is 18.2 Å². The van der Waals surface area contributed by atoms with Crippen molar-refractivity contribution >= 4 is 29.1 Å². The van der Waals surface area contributed by atoms with Crippen LogP contribution in [-0.4, -0.2) is 65.7 Å². The molecule has 1 spiro atoms. The van der Waals surface area contributed by atoms with Crippen LogP contribution in [0.1, 0.15) is 12.8 Å². The molecule has 3 fully saturated rings. The molecular weight excluding hydrogens is 438 g/mol. The van der Waals surface area contributed by atoms with Crippen molar-refractivity contribution in [3.8, 4) is 5.75 Å². The van der Waals surface area contributed by atoms with E-state index in [0.29, 0.717) is 30.0 Å². The number of nitrogens with zero attached hydrogens (tertiary/aromatic N) is 1. The number of aliphatic hydroxyl groups excluding tert-OH is 1. The minimum absolute atomic E-state index is 0.0150. The average Bonchev–Trinajstić information content (AvgIpc) is 3.48. The van der Waals surface area contributed by atoms with Gasteiger partial charge in [0, 0.05) is 17.9 Å². The molecule has 2 unspecified atom stereocenters. The Morgan fingerprint density at radius 2 is 1.76 bits per heavy atom. The first kappa shape index (κ1) is 22.4. The molecule has 3 amide bonds. The Morgan fingerprint density at radius 1 is 1.09 bits per heavy atom. The summed E-state index contributed by atoms with van der Waals surface area (Å²) in [5.74, 6) is -1.87. The summed E-state index contributed by atoms with van der Waals surface area (Å²) >= 11 is 0. The number of carbonyl (C=O) groups is 3. The van der Waals surface area contributed by atoms with E-state index >= 15 is 0 Å². The number of rotatable bonds is 7. The number of para-hydroxylation sites is 1. The van der Waals surface area contributed by atoms with Crippen molar-refractivity contribution < 1.29 is 29.0 Å². The van der Waals surface area contributed by atoms with Crippen LogP contribution in [0.25, 0.3) is 0 Å². The van der Waals surface area contributed by atoms with Crippen LogP contribution in [0.2, 0.25) is 0 Å². The average molecular weight is 466 g/mol. The van der Waals surface area contributed by atoms with Crippen molar-refractivity contribution in [1.29, 1.82) is 0 Å². The van der Waals surface area contributed by atoms with E-state index in [0.717, 1.165) is 0 Å². The van der Waals surface area contributed by atoms with E-state index in [1.54, 1.807) is 43.5 Å². The van der Waals surface area contributed by atoms with E-state index in [2.05, 4.69) is 10.6 Å². The second-order valence-electron chi connectivity index (χ2n) is 8.88. The number of anilines is 2. The number of benzene rings is 2. The molecule has 2 aromatic carbocycles. The fourth-order valence-electron chi connectivity index (χ4n) is 5.73. The van der Waals surface area contributed by atoms with Crippen LogP contribution in [0, 0.1) is 11.8 Å². The highest BCUT2D eigenvalue weighted by Crippen LogP contribution is 2.58. The smallest absolute Gasteiger partial charge is 0.250 e. The van der Waals surface area contributed by atoms with Gasteiger partial charge in [0.15, 0.2) is 0 Å². The maximum absolute atomic E-state index is 13.5. The zero-order valence-corrected chi connectivity index (χ0v) is 18.8. The summed E-state index contributed by atoms with van der Waals surface area (Å²) in [6.07, 6.45) is 0.632. The highest BCUT2D eigenvalue weighted by molar-refractivity contribution is 6.05. The van der Waals surface area contributed by atoms with Crippen LogP contribution in [0.4, 0.5) is 11.4 Å². The van der Waals surface area contributed by atoms with Gasteiger partial charge in [-0.15, -0.1) is 0 Å². The third kappa shape index (κ3) is 3.52. The number of ether oxygens (including phenoxy) is 2. The number of β-amino-alcohol motifs (C(OH)–C–C–N with tert-alkyl or cyclic N) is 1. The van der Waals surface area contributed by atoms with Gasteiger partial charge in [0.05, 0.1) is 31.7 Å². The molecule has 0 aromatic heterocycles. The van der Waals surface area contributed by atoms with Crippen LogP contribution in [0.5, 0.6) is 5.75 Å². The summed E-state index contributed by atoms with van der Waals surface area (Å²) < 4.78 is 11.5. The summed E-state index contributed by atoms with van der Waals surface area (Å²) in [6, 6.07) is 15.0. The maximum Gasteiger partial charge on any atom is 0.250 e. The lowest BCUT2D eigenvalue weighted by Crippen LogP contribution is -2.53. The molecule has 0 radical (unpaired) electrons. The van der Waals surface area contributed by atoms with Crippen LogP contribution in [0.15, 0.2) is 54.6 Å². The highest BCUT2D eigenvalue weighted by Gasteiger charge is 2.74. The summed E-state index contributed by atoms with van der Waals surface area (Å²) in [5.41, 5.74) is 0.0790. The Hall–Kier alpha value is -3.43. The number of nitrogens with one attached hydrogen (secondary N) is 2. The predicted molar refractivity (Wildman–Crippen MR) is 123 cm³/mol. The highest BCUT2D eigenvalue weighted by atomic mass is 16.5. The topological polar surface area (TPSA) is 117 Å². The van der Waals surface area contributed by atoms with Crippen molar-refractivity contribution in [2.45, 2.75) is 30.6 Å². The number of fused-ring (bicyclic) bond motifs is 1. The molecule has 3 N–H and O–H groups in total. The van der Waals surface area contributed by atoms with Gasteiger partial charge in [-0.25, -0.2) is 0 Å². The lowest BCUT2D eigenvalue weighted by molar-refractivity contribution is -0.140. The van der Waals surface area contributed by atoms with E-state index in [-0.39, 0.29) is 25.0 Å². The van der Waals surface area contributed by atoms with Crippen molar-refractivity contribution in [1.82, 2.24) is 4.90 Å². The Morgan fingerprint density at radius 3 is 2.44 bits per heavy atom. The molecule has 34 heavy (non-hydrogen) atoms. The minimum Gasteiger partial charge on any atom is -0.497 e. The molecule has 0 saturated carbocycles. The van der Waals surface area contributed by atoms with Gasteiger partial charge in [0.25, 0.3) is 0 Å². The van der Waals surface area contributed by atoms with Crippen LogP contribution < -0.4 is 15.4 Å². The van der Waals surface area contributed by atoms with Crippen LogP contribution in [0.3, 0.4) is 0 Å². The van der Waals surface area contributed by atoms with Crippen molar-refractivity contribution in [2.24, 2.45) is 11.8 Å². The molecule has 2 aromatic rings. The van der Waals surface area contributed by atoms with E-state index in [4.69, 9.17) is 9.47 Å². The lowest BCUT2D eigenvalue weighted by atomic mass is 9.70. The first-order valence-corrected chi connectivity index (χ1v) is 11.4. The predicted octanol–water partition coefficient (Wildman–Crippen LogP) is 1.64. The van der Waals surface area contributed by atoms with E-state index in [9.17, 15) is 19.5 Å². The third-order valence-electron chi connectivity index (χ3n) is 7.09. The van der Waals surface area contributed by atoms with Gasteiger partial charge in [0.2, 0.25) is 17.7 Å². The summed E-state index contributed by atoms with van der Waals surface area (Å²) in [6.45, 7) is -0.315. The zero-order chi connectivity index (χ0) is 23.9. The van der Waals surface area contributed by atoms with Gasteiger partial charge in [-0.3, -0.25) is 14.4 Å². The minimum atomic E-state index is -1.10. The molecule has 9 nitrogen and oxygen atoms in total. The second-order valence-corrected chi connectivity index (χ2v) is 8.88. The Kier molecular flexibility index (Phi) is 5.75. The largest absolute Gasteiger partial charge is 0.497 e. The first-order valence-electron chi connectivity index (χ1n) is 11.4. The second kappa shape index (κ2) is 8.73. The summed E-state index contributed by atoms with van der Waals surface area (Å²) in [5, 5.41) is 15.4. The molecule has 0 aliphatic carbocycles. The molecular formula is C25H27N3O6. The van der Waals surface area contributed by atoms with Gasteiger partial charge in [-0.1, -0.05) is 18.2 Å². The maximum atomic E-state index is 13.5. The SMILES string of the molecule is COc1ccc(NC(=O)C2N(CCO)C(=O)[C@@H]3[C@H](C(=O)Nc4ccccc4)[C@@H]4CCC23O4)cc1. The first-order chi connectivity index (χ1) is 16.5. The molecule has 3 aliphatic heterocycles. The van der Waals surface area contributed by atoms with E-state index < -0.39 is 35.5 Å². The van der Waals surface area contributed by atoms with Crippen LogP contribution >= 0.6 is 0 Å². The summed E-state index contributed by atoms with van der Waals surface area (Å²) in [7, 11) is 1.56. The van der Waals surface area contributed by atoms with Crippen molar-refractivity contribution in [2.75, 3.05) is 30.9 Å². The number of likely N-dealkylation sites (tertiary alicyclic amines) is 1. The normalized spacial score (nSPS) is 29.1. The molecule has 178 valence electrons. The standard InChI is InChI=1S/C25H27N3O6/c1-33-17-9-7-16(8-10-17)27-23(31)21-25-12-11-18(34-25)19(20(25)24(32)28(21)13-14-29)22(30)26-15-5-3-2-4-6-15/h2-10,18-21,29H,11-14H2,1H3,(H,26,30)(H,27,31)/t18-,19+,20-,21?,25?/m0/s1. The molecule has 9 heteroatoms. The van der Waals surface area contributed by atoms with Gasteiger partial charge >= 0.3 is 0 Å². The monoisotopic (exact) mass is 465 g/mol. The third-order valence-corrected chi connectivity index (χ3v) is 7.09. The number of methoxy groups -OCH3 is 1. The molecule has 3 saturated heterocycles. The quantitative estimate of drug-likeness (QED) is 0.572. The zero-order valence-electron chi connectivity index (χ0n) is 18.8. The van der Waals surface area contributed by atoms with Gasteiger partial charge < -0.3 is 30.1 Å². The van der Waals surface area contributed by atoms with Crippen molar-refractivity contribution in [3.63, 3.8) is 0 Å². The molecule has 5 atom stereocenters. The fraction of sp³-hybridized carbons (Fsp3) is 0.400. The van der Waals surface area contributed by atoms with Crippen LogP contribution in [-0.2, 0) is 19.1 Å². The molecule has 5 rings (SSSR count). The number of hydrogen-bond donors (Lipinski definition) is 3. The Labute approximate surface area is 197 Å². The Bertz CT molecular complexity index is 1090. The van der Waals surface area contributed by atoms with Gasteiger partial charge in [-0.2, -0.15) is 0 Å². The molecule has 3 heterocycles. The number of hydrogen-bond acceptors (Lipinski definition) is 6. The molecule has 2 bridgehead atoms. The number of amides is 3. The Balaban J connectivity index is 1.43. The molecule has 3 aliphatic rings. The van der Waals surface area contributed by atoms with E-state index in [1.165, 1.54) is 4.90 Å². The summed E-state index contributed by atoms with van der Waals surface area (Å²) in [4.78, 5) is 41.7. The number of carbonyl (C=O) groups excluding carboxylic acids is 3.